The summed E-state index contributed by atoms with van der Waals surface area (Å²) < 4.78 is 12.7. The molecule has 0 aliphatic carbocycles. The van der Waals surface area contributed by atoms with Gasteiger partial charge in [0.2, 0.25) is 0 Å². The van der Waals surface area contributed by atoms with E-state index < -0.39 is 5.60 Å². The molecule has 2 aliphatic heterocycles. The number of hydrogen-bond donors (Lipinski definition) is 0. The molecular weight excluding hydrogens is 695 g/mol. The minimum absolute atomic E-state index is 0.120. The minimum Gasteiger partial charge on any atom is -0.493 e. The number of ether oxygens (including phenoxy) is 2. The molecule has 3 atom stereocenters. The molecule has 0 N–H and O–H groups in total. The van der Waals surface area contributed by atoms with Gasteiger partial charge in [0, 0.05) is 64.8 Å². The smallest absolute Gasteiger partial charge is 0.128 e. The van der Waals surface area contributed by atoms with Gasteiger partial charge in [0.1, 0.15) is 23.5 Å². The van der Waals surface area contributed by atoms with E-state index >= 15 is 0 Å². The summed E-state index contributed by atoms with van der Waals surface area (Å²) in [4.78, 5) is 8.52. The molecule has 3 unspecified atom stereocenters. The lowest BCUT2D eigenvalue weighted by Gasteiger charge is -2.37. The van der Waals surface area contributed by atoms with Crippen LogP contribution in [0.2, 0.25) is 10.0 Å². The van der Waals surface area contributed by atoms with E-state index in [4.69, 9.17) is 32.7 Å². The average molecular weight is 748 g/mol. The number of nitrogens with zero attached hydrogens (tertiary/aromatic N) is 8. The highest BCUT2D eigenvalue weighted by atomic mass is 35.5. The molecule has 3 aromatic carbocycles. The molecule has 0 bridgehead atoms. The second kappa shape index (κ2) is 18.0. The van der Waals surface area contributed by atoms with Gasteiger partial charge < -0.3 is 19.3 Å². The molecule has 3 heterocycles. The Morgan fingerprint density at radius 2 is 1.40 bits per heavy atom. The summed E-state index contributed by atoms with van der Waals surface area (Å²) >= 11 is 12.8. The Morgan fingerprint density at radius 1 is 0.827 bits per heavy atom. The molecular formula is C40H52Cl2N8O2. The lowest BCUT2D eigenvalue weighted by Crippen LogP contribution is -2.46. The molecule has 1 fully saturated rings. The van der Waals surface area contributed by atoms with Crippen molar-refractivity contribution in [2.75, 3.05) is 54.1 Å². The Balaban J connectivity index is 0.00000257. The van der Waals surface area contributed by atoms with Crippen molar-refractivity contribution in [3.63, 3.8) is 0 Å². The van der Waals surface area contributed by atoms with Gasteiger partial charge in [0.05, 0.1) is 38.2 Å². The largest absolute Gasteiger partial charge is 0.493 e. The molecule has 0 spiro atoms. The fraction of sp³-hybridized carbons (Fsp3) is 0.425. The predicted octanol–water partition coefficient (Wildman–Crippen LogP) is 8.92. The van der Waals surface area contributed by atoms with Gasteiger partial charge >= 0.3 is 0 Å². The number of piperazine rings is 1. The van der Waals surface area contributed by atoms with Gasteiger partial charge in [0.25, 0.3) is 0 Å². The number of hydrogen-bond acceptors (Lipinski definition) is 9. The van der Waals surface area contributed by atoms with Crippen LogP contribution >= 0.6 is 23.2 Å². The quantitative estimate of drug-likeness (QED) is 0.127. The van der Waals surface area contributed by atoms with Crippen molar-refractivity contribution in [1.82, 2.24) is 20.0 Å². The molecule has 4 aromatic rings. The normalized spacial score (nSPS) is 16.7. The van der Waals surface area contributed by atoms with Gasteiger partial charge in [-0.15, -0.1) is 0 Å². The van der Waals surface area contributed by atoms with Crippen LogP contribution in [0.1, 0.15) is 53.5 Å². The third-order valence-electron chi connectivity index (χ3n) is 9.45. The van der Waals surface area contributed by atoms with E-state index in [1.54, 1.807) is 23.3 Å². The fourth-order valence-corrected chi connectivity index (χ4v) is 6.85. The molecule has 278 valence electrons. The first-order valence-corrected chi connectivity index (χ1v) is 19.0. The molecule has 0 saturated carbocycles. The molecule has 0 amide bonds. The number of anilines is 3. The molecule has 2 aliphatic rings. The van der Waals surface area contributed by atoms with Crippen molar-refractivity contribution in [1.29, 1.82) is 0 Å². The maximum atomic E-state index is 6.61. The molecule has 52 heavy (non-hydrogen) atoms. The second-order valence-electron chi connectivity index (χ2n) is 13.2. The van der Waals surface area contributed by atoms with Crippen LogP contribution in [0.15, 0.2) is 96.6 Å². The number of hydrazone groups is 1. The van der Waals surface area contributed by atoms with Crippen LogP contribution in [-0.4, -0.2) is 71.8 Å². The molecule has 1 aromatic heterocycles. The first-order chi connectivity index (χ1) is 25.1. The highest BCUT2D eigenvalue weighted by molar-refractivity contribution is 6.35. The molecule has 10 nitrogen and oxygen atoms in total. The zero-order chi connectivity index (χ0) is 37.3. The Hall–Kier alpha value is -4.25. The highest BCUT2D eigenvalue weighted by Gasteiger charge is 2.32. The molecule has 12 heteroatoms. The zero-order valence-corrected chi connectivity index (χ0v) is 32.8. The summed E-state index contributed by atoms with van der Waals surface area (Å²) in [6.07, 6.45) is 6.16. The number of benzene rings is 3. The van der Waals surface area contributed by atoms with Crippen LogP contribution in [0.5, 0.6) is 5.75 Å². The molecule has 0 radical (unpaired) electrons. The van der Waals surface area contributed by atoms with Gasteiger partial charge in [-0.1, -0.05) is 63.5 Å². The van der Waals surface area contributed by atoms with Crippen molar-refractivity contribution in [3.05, 3.63) is 107 Å². The lowest BCUT2D eigenvalue weighted by molar-refractivity contribution is -0.0706. The number of halogens is 2. The first-order valence-electron chi connectivity index (χ1n) is 18.2. The zero-order valence-electron chi connectivity index (χ0n) is 31.3. The highest BCUT2D eigenvalue weighted by Crippen LogP contribution is 2.35. The van der Waals surface area contributed by atoms with Crippen molar-refractivity contribution < 1.29 is 9.47 Å². The Kier molecular flexibility index (Phi) is 13.5. The lowest BCUT2D eigenvalue weighted by atomic mass is 9.95. The third-order valence-corrected chi connectivity index (χ3v) is 10.00. The summed E-state index contributed by atoms with van der Waals surface area (Å²) in [5.74, 6) is 1.84. The van der Waals surface area contributed by atoms with Crippen LogP contribution in [0.25, 0.3) is 0 Å². The van der Waals surface area contributed by atoms with Crippen molar-refractivity contribution in [2.24, 2.45) is 11.0 Å². The number of rotatable bonds is 14. The SMILES string of the molecule is C=C1N(c2ccc(N3CCN(c4ccc(OCC(C)COC(C)(Cn5nccn5)c5ccc(Cl)cc5Cl)cc4)CC3)cc2)C=NN1C(C)CC.CC. The van der Waals surface area contributed by atoms with Crippen LogP contribution < -0.4 is 19.4 Å². The van der Waals surface area contributed by atoms with Crippen LogP contribution in [0.3, 0.4) is 0 Å². The van der Waals surface area contributed by atoms with E-state index in [0.717, 1.165) is 55.4 Å². The van der Waals surface area contributed by atoms with Gasteiger partial charge in [-0.2, -0.15) is 20.1 Å². The van der Waals surface area contributed by atoms with E-state index in [0.29, 0.717) is 35.8 Å². The van der Waals surface area contributed by atoms with Crippen molar-refractivity contribution in [2.45, 2.75) is 66.2 Å². The fourth-order valence-electron chi connectivity index (χ4n) is 6.24. The summed E-state index contributed by atoms with van der Waals surface area (Å²) in [6, 6.07) is 22.8. The van der Waals surface area contributed by atoms with Crippen molar-refractivity contribution >= 4 is 46.6 Å². The van der Waals surface area contributed by atoms with E-state index in [1.165, 1.54) is 11.4 Å². The Labute approximate surface area is 319 Å². The summed E-state index contributed by atoms with van der Waals surface area (Å²) in [5.41, 5.74) is 3.56. The van der Waals surface area contributed by atoms with E-state index in [9.17, 15) is 0 Å². The Bertz CT molecular complexity index is 1740. The third kappa shape index (κ3) is 9.40. The maximum Gasteiger partial charge on any atom is 0.128 e. The van der Waals surface area contributed by atoms with Gasteiger partial charge in [0.15, 0.2) is 0 Å². The summed E-state index contributed by atoms with van der Waals surface area (Å²) in [6.45, 7) is 21.9. The second-order valence-corrected chi connectivity index (χ2v) is 14.1. The van der Waals surface area contributed by atoms with Crippen LogP contribution in [0.4, 0.5) is 17.1 Å². The minimum atomic E-state index is -0.766. The van der Waals surface area contributed by atoms with Gasteiger partial charge in [-0.3, -0.25) is 4.90 Å². The molecule has 1 saturated heterocycles. The standard InChI is InChI=1S/C38H46Cl2N8O2.C2H6/c1-6-29(3)48-30(4)46(27-43-48)34-10-8-32(9-11-34)44-19-21-45(22-20-44)33-12-14-35(15-13-33)49-24-28(2)25-50-38(5,26-47-41-17-18-42-47)36-16-7-31(39)23-37(36)40;1-2/h7-18,23,27-29H,4,6,19-22,24-26H2,1-3,5H3;1-2H3. The van der Waals surface area contributed by atoms with Crippen LogP contribution in [0, 0.1) is 5.92 Å². The predicted molar refractivity (Wildman–Crippen MR) is 215 cm³/mol. The first kappa shape index (κ1) is 39.0. The van der Waals surface area contributed by atoms with E-state index in [1.807, 2.05) is 61.3 Å². The van der Waals surface area contributed by atoms with E-state index in [-0.39, 0.29) is 5.92 Å². The number of aromatic nitrogens is 3. The summed E-state index contributed by atoms with van der Waals surface area (Å²) in [5, 5.41) is 16.2. The topological polar surface area (TPSA) is 74.5 Å². The van der Waals surface area contributed by atoms with Gasteiger partial charge in [-0.25, -0.2) is 5.01 Å². The Morgan fingerprint density at radius 3 is 1.98 bits per heavy atom. The maximum absolute atomic E-state index is 6.61. The summed E-state index contributed by atoms with van der Waals surface area (Å²) in [7, 11) is 0. The average Bonchev–Trinajstić information content (AvgIpc) is 3.83. The van der Waals surface area contributed by atoms with E-state index in [2.05, 4.69) is 88.8 Å². The monoisotopic (exact) mass is 746 g/mol. The van der Waals surface area contributed by atoms with Gasteiger partial charge in [-0.05, 0) is 80.9 Å². The van der Waals surface area contributed by atoms with Crippen LogP contribution in [-0.2, 0) is 16.9 Å². The van der Waals surface area contributed by atoms with Crippen molar-refractivity contribution in [3.8, 4) is 5.75 Å². The molecule has 6 rings (SSSR count).